The SMILES string of the molecule is CO[P@](N)(=S)Oc1ccccc1C(=O)OC(C)C. The molecule has 0 saturated carbocycles. The Labute approximate surface area is 111 Å². The minimum absolute atomic E-state index is 0.214. The average molecular weight is 289 g/mol. The summed E-state index contributed by atoms with van der Waals surface area (Å²) in [7, 11) is 1.37. The number of rotatable bonds is 5. The zero-order valence-electron chi connectivity index (χ0n) is 10.5. The van der Waals surface area contributed by atoms with E-state index in [1.165, 1.54) is 7.11 Å². The summed E-state index contributed by atoms with van der Waals surface area (Å²) < 4.78 is 15.4. The number of esters is 1. The standard InChI is InChI=1S/C11H16NO4PS/c1-8(2)15-11(13)9-6-4-5-7-10(9)16-17(12,18)14-3/h4-8H,1-3H3,(H2,12,18)/t17-/m0/s1. The van der Waals surface area contributed by atoms with Crippen molar-refractivity contribution in [1.82, 2.24) is 0 Å². The third-order valence-electron chi connectivity index (χ3n) is 1.93. The maximum Gasteiger partial charge on any atom is 0.342 e. The lowest BCUT2D eigenvalue weighted by Crippen LogP contribution is -2.13. The summed E-state index contributed by atoms with van der Waals surface area (Å²) >= 11 is 4.95. The van der Waals surface area contributed by atoms with Gasteiger partial charge in [-0.1, -0.05) is 12.1 Å². The van der Waals surface area contributed by atoms with Crippen LogP contribution >= 0.6 is 6.64 Å². The van der Waals surface area contributed by atoms with Gasteiger partial charge in [0.25, 0.3) is 0 Å². The van der Waals surface area contributed by atoms with Crippen LogP contribution in [0.5, 0.6) is 5.75 Å². The van der Waals surface area contributed by atoms with Gasteiger partial charge in [0.2, 0.25) is 0 Å². The summed E-state index contributed by atoms with van der Waals surface area (Å²) in [5.41, 5.74) is 5.93. The first-order chi connectivity index (χ1) is 8.35. The Morgan fingerprint density at radius 2 is 2.00 bits per heavy atom. The highest BCUT2D eigenvalue weighted by Gasteiger charge is 2.19. The lowest BCUT2D eigenvalue weighted by atomic mass is 10.2. The molecule has 1 rings (SSSR count). The molecule has 100 valence electrons. The van der Waals surface area contributed by atoms with Crippen LogP contribution in [-0.2, 0) is 21.1 Å². The van der Waals surface area contributed by atoms with Gasteiger partial charge in [-0.2, -0.15) is 0 Å². The van der Waals surface area contributed by atoms with Crippen LogP contribution in [0.3, 0.4) is 0 Å². The molecule has 1 aromatic carbocycles. The second-order valence-corrected chi connectivity index (χ2v) is 6.92. The number of nitrogens with two attached hydrogens (primary N) is 1. The van der Waals surface area contributed by atoms with Crippen LogP contribution in [0.15, 0.2) is 24.3 Å². The molecule has 0 fully saturated rings. The molecule has 0 aliphatic rings. The molecule has 0 bridgehead atoms. The van der Waals surface area contributed by atoms with Crippen LogP contribution in [0.4, 0.5) is 0 Å². The van der Waals surface area contributed by atoms with Crippen molar-refractivity contribution in [3.63, 3.8) is 0 Å². The van der Waals surface area contributed by atoms with Crippen molar-refractivity contribution in [1.29, 1.82) is 0 Å². The molecule has 0 amide bonds. The number of hydrogen-bond donors (Lipinski definition) is 1. The topological polar surface area (TPSA) is 70.8 Å². The Morgan fingerprint density at radius 3 is 2.56 bits per heavy atom. The molecule has 5 nitrogen and oxygen atoms in total. The van der Waals surface area contributed by atoms with E-state index in [1.54, 1.807) is 38.1 Å². The Morgan fingerprint density at radius 1 is 1.39 bits per heavy atom. The highest BCUT2D eigenvalue weighted by atomic mass is 32.5. The van der Waals surface area contributed by atoms with E-state index in [0.29, 0.717) is 0 Å². The van der Waals surface area contributed by atoms with Gasteiger partial charge in [0, 0.05) is 7.11 Å². The summed E-state index contributed by atoms with van der Waals surface area (Å²) in [5.74, 6) is -0.206. The Balaban J connectivity index is 3.00. The normalized spacial score (nSPS) is 14.1. The third-order valence-corrected chi connectivity index (χ3v) is 3.56. The van der Waals surface area contributed by atoms with Gasteiger partial charge >= 0.3 is 12.6 Å². The highest BCUT2D eigenvalue weighted by molar-refractivity contribution is 8.08. The van der Waals surface area contributed by atoms with Gasteiger partial charge in [0.1, 0.15) is 11.3 Å². The third kappa shape index (κ3) is 4.38. The van der Waals surface area contributed by atoms with E-state index in [2.05, 4.69) is 0 Å². The fourth-order valence-corrected chi connectivity index (χ4v) is 1.92. The highest BCUT2D eigenvalue weighted by Crippen LogP contribution is 2.40. The Hall–Kier alpha value is -0.940. The molecule has 0 aromatic heterocycles. The van der Waals surface area contributed by atoms with Crippen LogP contribution in [0, 0.1) is 0 Å². The first-order valence-corrected chi connectivity index (χ1v) is 8.00. The smallest absolute Gasteiger partial charge is 0.342 e. The van der Waals surface area contributed by atoms with Crippen molar-refractivity contribution < 1.29 is 18.6 Å². The summed E-state index contributed by atoms with van der Waals surface area (Å²) in [6, 6.07) is 6.61. The number of benzene rings is 1. The predicted octanol–water partition coefficient (Wildman–Crippen LogP) is 2.46. The quantitative estimate of drug-likeness (QED) is 0.663. The van der Waals surface area contributed by atoms with E-state index in [-0.39, 0.29) is 17.4 Å². The van der Waals surface area contributed by atoms with Gasteiger partial charge in [0.05, 0.1) is 6.10 Å². The molecule has 7 heteroatoms. The van der Waals surface area contributed by atoms with Crippen LogP contribution < -0.4 is 10.0 Å². The van der Waals surface area contributed by atoms with Gasteiger partial charge in [-0.3, -0.25) is 0 Å². The fourth-order valence-electron chi connectivity index (χ4n) is 1.17. The molecule has 0 saturated heterocycles. The summed E-state index contributed by atoms with van der Waals surface area (Å²) in [4.78, 5) is 11.8. The molecule has 0 aliphatic carbocycles. The summed E-state index contributed by atoms with van der Waals surface area (Å²) in [6.45, 7) is 0.665. The lowest BCUT2D eigenvalue weighted by molar-refractivity contribution is 0.0376. The molecule has 0 spiro atoms. The van der Waals surface area contributed by atoms with Crippen LogP contribution in [-0.4, -0.2) is 19.2 Å². The largest absolute Gasteiger partial charge is 0.459 e. The second-order valence-electron chi connectivity index (χ2n) is 3.76. The second kappa shape index (κ2) is 6.29. The van der Waals surface area contributed by atoms with E-state index in [1.807, 2.05) is 0 Å². The van der Waals surface area contributed by atoms with Crippen LogP contribution in [0.1, 0.15) is 24.2 Å². The van der Waals surface area contributed by atoms with Crippen molar-refractivity contribution in [2.75, 3.05) is 7.11 Å². The van der Waals surface area contributed by atoms with E-state index >= 15 is 0 Å². The van der Waals surface area contributed by atoms with E-state index < -0.39 is 12.6 Å². The lowest BCUT2D eigenvalue weighted by Gasteiger charge is -2.18. The van der Waals surface area contributed by atoms with E-state index in [4.69, 9.17) is 31.1 Å². The molecule has 0 radical (unpaired) electrons. The maximum absolute atomic E-state index is 11.8. The van der Waals surface area contributed by atoms with Crippen molar-refractivity contribution >= 4 is 24.4 Å². The van der Waals surface area contributed by atoms with Crippen LogP contribution in [0.2, 0.25) is 0 Å². The van der Waals surface area contributed by atoms with Crippen molar-refractivity contribution in [3.8, 4) is 5.75 Å². The molecule has 0 unspecified atom stereocenters. The monoisotopic (exact) mass is 289 g/mol. The molecule has 1 aromatic rings. The van der Waals surface area contributed by atoms with Crippen molar-refractivity contribution in [2.24, 2.45) is 5.50 Å². The number of carbonyl (C=O) groups excluding carboxylic acids is 1. The zero-order valence-corrected chi connectivity index (χ0v) is 12.2. The molecule has 18 heavy (non-hydrogen) atoms. The minimum atomic E-state index is -2.87. The molecular weight excluding hydrogens is 273 g/mol. The van der Waals surface area contributed by atoms with E-state index in [0.717, 1.165) is 0 Å². The minimum Gasteiger partial charge on any atom is -0.459 e. The van der Waals surface area contributed by atoms with Gasteiger partial charge in [0.15, 0.2) is 0 Å². The van der Waals surface area contributed by atoms with Gasteiger partial charge < -0.3 is 13.8 Å². The summed E-state index contributed by atoms with van der Waals surface area (Å²) in [6.07, 6.45) is -0.214. The van der Waals surface area contributed by atoms with Gasteiger partial charge in [-0.15, -0.1) is 0 Å². The first kappa shape index (κ1) is 15.1. The number of carbonyl (C=O) groups is 1. The molecule has 1 atom stereocenters. The molecule has 2 N–H and O–H groups in total. The predicted molar refractivity (Wildman–Crippen MR) is 73.1 cm³/mol. The van der Waals surface area contributed by atoms with Crippen molar-refractivity contribution in [2.45, 2.75) is 20.0 Å². The van der Waals surface area contributed by atoms with Gasteiger partial charge in [-0.05, 0) is 37.8 Å². The number of hydrogen-bond acceptors (Lipinski definition) is 5. The van der Waals surface area contributed by atoms with E-state index in [9.17, 15) is 4.79 Å². The first-order valence-electron chi connectivity index (χ1n) is 5.29. The molecular formula is C11H16NO4PS. The molecule has 0 aliphatic heterocycles. The fraction of sp³-hybridized carbons (Fsp3) is 0.364. The number of ether oxygens (including phenoxy) is 1. The summed E-state index contributed by atoms with van der Waals surface area (Å²) in [5, 5.41) is 0. The molecule has 0 heterocycles. The zero-order chi connectivity index (χ0) is 13.8. The number of para-hydroxylation sites is 1. The Bertz CT molecular complexity index is 478. The average Bonchev–Trinajstić information content (AvgIpc) is 2.28. The van der Waals surface area contributed by atoms with Gasteiger partial charge in [-0.25, -0.2) is 10.3 Å². The van der Waals surface area contributed by atoms with Crippen molar-refractivity contribution in [3.05, 3.63) is 29.8 Å². The maximum atomic E-state index is 11.8. The Kier molecular flexibility index (Phi) is 5.28. The van der Waals surface area contributed by atoms with Crippen LogP contribution in [0.25, 0.3) is 0 Å².